The number of aliphatic hydroxyl groups is 2. The summed E-state index contributed by atoms with van der Waals surface area (Å²) in [5.74, 6) is 0.212. The number of carbonyl (C=O) groups is 1. The summed E-state index contributed by atoms with van der Waals surface area (Å²) >= 11 is 0. The molecule has 114 valence electrons. The van der Waals surface area contributed by atoms with E-state index in [2.05, 4.69) is 0 Å². The normalized spacial score (nSPS) is 34.5. The Kier molecular flexibility index (Phi) is 3.55. The fraction of sp³-hybridized carbons (Fsp3) is 0.933. The number of ether oxygens (including phenoxy) is 1. The van der Waals surface area contributed by atoms with Crippen LogP contribution in [0.5, 0.6) is 0 Å². The first kappa shape index (κ1) is 14.3. The predicted octanol–water partition coefficient (Wildman–Crippen LogP) is 0.537. The van der Waals surface area contributed by atoms with Crippen LogP contribution in [-0.4, -0.2) is 60.0 Å². The molecule has 5 nitrogen and oxygen atoms in total. The third kappa shape index (κ3) is 1.90. The molecule has 2 aliphatic carbocycles. The summed E-state index contributed by atoms with van der Waals surface area (Å²) in [6, 6.07) is 0. The van der Waals surface area contributed by atoms with Gasteiger partial charge in [-0.15, -0.1) is 0 Å². The highest BCUT2D eigenvalue weighted by atomic mass is 16.5. The first-order chi connectivity index (χ1) is 9.54. The number of carbonyl (C=O) groups excluding carboxylic acids is 1. The monoisotopic (exact) mass is 283 g/mol. The molecule has 1 aliphatic heterocycles. The van der Waals surface area contributed by atoms with Crippen LogP contribution in [0.1, 0.15) is 38.5 Å². The minimum Gasteiger partial charge on any atom is -0.392 e. The van der Waals surface area contributed by atoms with Gasteiger partial charge in [0.15, 0.2) is 0 Å². The lowest BCUT2D eigenvalue weighted by Crippen LogP contribution is -2.63. The van der Waals surface area contributed by atoms with E-state index in [1.807, 2.05) is 4.90 Å². The van der Waals surface area contributed by atoms with Gasteiger partial charge in [-0.2, -0.15) is 0 Å². The Balaban J connectivity index is 1.62. The van der Waals surface area contributed by atoms with Crippen LogP contribution in [0.15, 0.2) is 0 Å². The zero-order chi connectivity index (χ0) is 14.4. The van der Waals surface area contributed by atoms with Crippen molar-refractivity contribution in [1.82, 2.24) is 4.90 Å². The number of rotatable bonds is 3. The van der Waals surface area contributed by atoms with E-state index in [4.69, 9.17) is 4.74 Å². The van der Waals surface area contributed by atoms with Gasteiger partial charge in [0.1, 0.15) is 0 Å². The van der Waals surface area contributed by atoms with E-state index in [1.54, 1.807) is 7.11 Å². The van der Waals surface area contributed by atoms with Gasteiger partial charge in [-0.1, -0.05) is 6.42 Å². The summed E-state index contributed by atoms with van der Waals surface area (Å²) in [6.07, 6.45) is 4.07. The van der Waals surface area contributed by atoms with Gasteiger partial charge in [0, 0.05) is 32.0 Å². The molecule has 3 rings (SSSR count). The highest BCUT2D eigenvalue weighted by Gasteiger charge is 2.56. The molecule has 3 fully saturated rings. The van der Waals surface area contributed by atoms with E-state index in [9.17, 15) is 15.0 Å². The molecule has 0 aromatic carbocycles. The summed E-state index contributed by atoms with van der Waals surface area (Å²) in [5.41, 5.74) is -0.638. The van der Waals surface area contributed by atoms with E-state index in [0.29, 0.717) is 39.0 Å². The van der Waals surface area contributed by atoms with Crippen molar-refractivity contribution in [3.05, 3.63) is 0 Å². The molecule has 1 spiro atoms. The average molecular weight is 283 g/mol. The van der Waals surface area contributed by atoms with Crippen LogP contribution in [0.2, 0.25) is 0 Å². The fourth-order valence-electron chi connectivity index (χ4n) is 4.17. The van der Waals surface area contributed by atoms with Crippen molar-refractivity contribution in [2.45, 2.75) is 50.7 Å². The number of likely N-dealkylation sites (tertiary alicyclic amines) is 1. The largest absolute Gasteiger partial charge is 0.392 e. The number of aliphatic hydroxyl groups excluding tert-OH is 2. The van der Waals surface area contributed by atoms with Gasteiger partial charge in [0.2, 0.25) is 5.91 Å². The van der Waals surface area contributed by atoms with Gasteiger partial charge in [0.25, 0.3) is 0 Å². The third-order valence-electron chi connectivity index (χ3n) is 5.94. The van der Waals surface area contributed by atoms with Crippen molar-refractivity contribution in [2.75, 3.05) is 26.8 Å². The molecule has 0 aromatic rings. The summed E-state index contributed by atoms with van der Waals surface area (Å²) in [4.78, 5) is 14.6. The second kappa shape index (κ2) is 4.97. The van der Waals surface area contributed by atoms with Crippen LogP contribution in [-0.2, 0) is 9.53 Å². The molecule has 3 aliphatic rings. The van der Waals surface area contributed by atoms with Crippen molar-refractivity contribution in [3.8, 4) is 0 Å². The molecule has 1 amide bonds. The predicted molar refractivity (Wildman–Crippen MR) is 73.0 cm³/mol. The Hall–Kier alpha value is -0.650. The summed E-state index contributed by atoms with van der Waals surface area (Å²) in [7, 11) is 1.65. The zero-order valence-electron chi connectivity index (χ0n) is 12.2. The maximum absolute atomic E-state index is 12.7. The molecule has 0 bridgehead atoms. The highest BCUT2D eigenvalue weighted by Crippen LogP contribution is 2.50. The number of methoxy groups -OCH3 is 1. The first-order valence-electron chi connectivity index (χ1n) is 7.69. The maximum Gasteiger partial charge on any atom is 0.231 e. The van der Waals surface area contributed by atoms with Gasteiger partial charge in [-0.25, -0.2) is 0 Å². The van der Waals surface area contributed by atoms with Crippen LogP contribution in [0.3, 0.4) is 0 Å². The zero-order valence-corrected chi connectivity index (χ0v) is 12.2. The molecule has 0 unspecified atom stereocenters. The van der Waals surface area contributed by atoms with Gasteiger partial charge < -0.3 is 19.8 Å². The maximum atomic E-state index is 12.7. The molecule has 0 aromatic heterocycles. The minimum atomic E-state index is -0.397. The molecule has 2 N–H and O–H groups in total. The minimum absolute atomic E-state index is 0.212. The highest BCUT2D eigenvalue weighted by molar-refractivity contribution is 5.84. The van der Waals surface area contributed by atoms with Gasteiger partial charge in [-0.05, 0) is 25.7 Å². The molecular formula is C15H25NO4. The number of hydrogen-bond acceptors (Lipinski definition) is 4. The topological polar surface area (TPSA) is 70.0 Å². The van der Waals surface area contributed by atoms with Crippen LogP contribution >= 0.6 is 0 Å². The average Bonchev–Trinajstić information content (AvgIpc) is 2.42. The molecule has 1 heterocycles. The Morgan fingerprint density at radius 3 is 2.20 bits per heavy atom. The van der Waals surface area contributed by atoms with E-state index in [-0.39, 0.29) is 16.7 Å². The number of piperidine rings is 1. The van der Waals surface area contributed by atoms with E-state index in [1.165, 1.54) is 0 Å². The Morgan fingerprint density at radius 1 is 1.20 bits per heavy atom. The number of amides is 1. The standard InChI is InChI=1S/C15H25NO4/c1-20-10-14(3-2-4-14)13(19)16-7-5-15(6-8-16)11(17)9-12(15)18/h11-12,17-18H,2-10H2,1H3/t11-,12+. The van der Waals surface area contributed by atoms with E-state index < -0.39 is 12.2 Å². The summed E-state index contributed by atoms with van der Waals surface area (Å²) in [5, 5.41) is 19.9. The van der Waals surface area contributed by atoms with Crippen LogP contribution in [0.4, 0.5) is 0 Å². The fourth-order valence-corrected chi connectivity index (χ4v) is 4.17. The van der Waals surface area contributed by atoms with Crippen LogP contribution < -0.4 is 0 Å². The quantitative estimate of drug-likeness (QED) is 0.793. The molecule has 20 heavy (non-hydrogen) atoms. The second-order valence-corrected chi connectivity index (χ2v) is 6.86. The Bertz CT molecular complexity index is 375. The van der Waals surface area contributed by atoms with E-state index in [0.717, 1.165) is 19.3 Å². The first-order valence-corrected chi connectivity index (χ1v) is 7.69. The number of hydrogen-bond donors (Lipinski definition) is 2. The van der Waals surface area contributed by atoms with Gasteiger partial charge in [-0.3, -0.25) is 4.79 Å². The van der Waals surface area contributed by atoms with Gasteiger partial charge >= 0.3 is 0 Å². The van der Waals surface area contributed by atoms with Crippen molar-refractivity contribution in [3.63, 3.8) is 0 Å². The SMILES string of the molecule is COCC1(C(=O)N2CCC3(CC2)[C@H](O)C[C@@H]3O)CCC1. The van der Waals surface area contributed by atoms with Crippen molar-refractivity contribution >= 4 is 5.91 Å². The number of nitrogens with zero attached hydrogens (tertiary/aromatic N) is 1. The van der Waals surface area contributed by atoms with E-state index >= 15 is 0 Å². The van der Waals surface area contributed by atoms with Crippen LogP contribution in [0, 0.1) is 10.8 Å². The molecule has 5 heteroatoms. The Morgan fingerprint density at radius 2 is 1.80 bits per heavy atom. The van der Waals surface area contributed by atoms with Crippen molar-refractivity contribution in [1.29, 1.82) is 0 Å². The summed E-state index contributed by atoms with van der Waals surface area (Å²) in [6.45, 7) is 1.82. The lowest BCUT2D eigenvalue weighted by molar-refractivity contribution is -0.195. The lowest BCUT2D eigenvalue weighted by atomic mass is 9.58. The molecule has 2 saturated carbocycles. The summed E-state index contributed by atoms with van der Waals surface area (Å²) < 4.78 is 5.24. The Labute approximate surface area is 119 Å². The molecule has 1 saturated heterocycles. The van der Waals surface area contributed by atoms with Gasteiger partial charge in [0.05, 0.1) is 24.2 Å². The molecule has 2 atom stereocenters. The molecule has 0 radical (unpaired) electrons. The molecular weight excluding hydrogens is 258 g/mol. The second-order valence-electron chi connectivity index (χ2n) is 6.86. The smallest absolute Gasteiger partial charge is 0.231 e. The lowest BCUT2D eigenvalue weighted by Gasteiger charge is -2.56. The third-order valence-corrected chi connectivity index (χ3v) is 5.94. The van der Waals surface area contributed by atoms with Crippen LogP contribution in [0.25, 0.3) is 0 Å². The van der Waals surface area contributed by atoms with Crippen molar-refractivity contribution in [2.24, 2.45) is 10.8 Å². The van der Waals surface area contributed by atoms with Crippen molar-refractivity contribution < 1.29 is 19.7 Å².